The monoisotopic (exact) mass is 411 g/mol. The first-order valence-electron chi connectivity index (χ1n) is 9.79. The molecule has 0 saturated carbocycles. The minimum atomic E-state index is -0.347. The highest BCUT2D eigenvalue weighted by Gasteiger charge is 2.34. The van der Waals surface area contributed by atoms with Gasteiger partial charge in [0.1, 0.15) is 0 Å². The van der Waals surface area contributed by atoms with Crippen molar-refractivity contribution >= 4 is 34.8 Å². The Labute approximate surface area is 171 Å². The van der Waals surface area contributed by atoms with E-state index in [4.69, 9.17) is 11.6 Å². The van der Waals surface area contributed by atoms with Crippen molar-refractivity contribution in [2.24, 2.45) is 11.3 Å². The number of thiophene rings is 1. The average molecular weight is 412 g/mol. The fourth-order valence-electron chi connectivity index (χ4n) is 3.85. The molecule has 2 fully saturated rings. The minimum absolute atomic E-state index is 0.0664. The lowest BCUT2D eigenvalue weighted by atomic mass is 9.90. The Morgan fingerprint density at radius 2 is 1.67 bits per heavy atom. The van der Waals surface area contributed by atoms with Crippen LogP contribution in [0.15, 0.2) is 12.1 Å². The number of hydrogen-bond acceptors (Lipinski definition) is 4. The quantitative estimate of drug-likeness (QED) is 0.766. The van der Waals surface area contributed by atoms with Crippen molar-refractivity contribution in [1.29, 1.82) is 0 Å². The number of piperidine rings is 1. The number of likely N-dealkylation sites (tertiary alicyclic amines) is 1. The summed E-state index contributed by atoms with van der Waals surface area (Å²) in [6.45, 7) is 11.6. The van der Waals surface area contributed by atoms with E-state index in [0.29, 0.717) is 13.1 Å². The molecule has 0 N–H and O–H groups in total. The molecule has 7 heteroatoms. The molecule has 2 saturated heterocycles. The van der Waals surface area contributed by atoms with Crippen LogP contribution in [0.4, 0.5) is 0 Å². The molecule has 2 aliphatic rings. The van der Waals surface area contributed by atoms with Crippen LogP contribution in [0.3, 0.4) is 0 Å². The molecule has 0 radical (unpaired) electrons. The molecule has 0 unspecified atom stereocenters. The van der Waals surface area contributed by atoms with Crippen LogP contribution in [0.2, 0.25) is 4.34 Å². The Morgan fingerprint density at radius 1 is 1.04 bits per heavy atom. The van der Waals surface area contributed by atoms with Gasteiger partial charge in [-0.1, -0.05) is 32.4 Å². The van der Waals surface area contributed by atoms with Crippen LogP contribution in [-0.4, -0.2) is 65.8 Å². The summed E-state index contributed by atoms with van der Waals surface area (Å²) >= 11 is 7.63. The van der Waals surface area contributed by atoms with E-state index in [1.807, 2.05) is 36.6 Å². The first kappa shape index (κ1) is 20.6. The SMILES string of the molecule is CC(C)(C)C(=O)N1CCC(C(=O)N2CCN(Cc3ccc(Cl)s3)CC2)CC1. The van der Waals surface area contributed by atoms with Crippen molar-refractivity contribution < 1.29 is 9.59 Å². The molecule has 3 heterocycles. The molecule has 0 aromatic carbocycles. The lowest BCUT2D eigenvalue weighted by Crippen LogP contribution is -2.52. The molecule has 1 aromatic rings. The third kappa shape index (κ3) is 5.24. The molecule has 150 valence electrons. The number of piperazine rings is 1. The maximum absolute atomic E-state index is 12.9. The number of amides is 2. The third-order valence-electron chi connectivity index (χ3n) is 5.47. The predicted molar refractivity (Wildman–Crippen MR) is 110 cm³/mol. The molecule has 27 heavy (non-hydrogen) atoms. The number of hydrogen-bond donors (Lipinski definition) is 0. The molecular formula is C20H30ClN3O2S. The van der Waals surface area contributed by atoms with Crippen molar-refractivity contribution in [2.45, 2.75) is 40.2 Å². The van der Waals surface area contributed by atoms with Gasteiger partial charge in [0.2, 0.25) is 11.8 Å². The van der Waals surface area contributed by atoms with Gasteiger partial charge in [0.25, 0.3) is 0 Å². The Morgan fingerprint density at radius 3 is 2.19 bits per heavy atom. The maximum atomic E-state index is 12.9. The van der Waals surface area contributed by atoms with Gasteiger partial charge >= 0.3 is 0 Å². The maximum Gasteiger partial charge on any atom is 0.227 e. The fourth-order valence-corrected chi connectivity index (χ4v) is 4.98. The summed E-state index contributed by atoms with van der Waals surface area (Å²) in [6, 6.07) is 4.02. The lowest BCUT2D eigenvalue weighted by Gasteiger charge is -2.39. The van der Waals surface area contributed by atoms with Crippen molar-refractivity contribution in [3.8, 4) is 0 Å². The molecule has 0 spiro atoms. The van der Waals surface area contributed by atoms with Crippen molar-refractivity contribution in [3.63, 3.8) is 0 Å². The Kier molecular flexibility index (Phi) is 6.49. The molecule has 0 aliphatic carbocycles. The van der Waals surface area contributed by atoms with Crippen LogP contribution in [-0.2, 0) is 16.1 Å². The summed E-state index contributed by atoms with van der Waals surface area (Å²) in [5.74, 6) is 0.532. The molecule has 0 bridgehead atoms. The summed E-state index contributed by atoms with van der Waals surface area (Å²) in [7, 11) is 0. The van der Waals surface area contributed by atoms with Crippen LogP contribution < -0.4 is 0 Å². The Balaban J connectivity index is 1.44. The molecule has 3 rings (SSSR count). The van der Waals surface area contributed by atoms with Gasteiger partial charge < -0.3 is 9.80 Å². The Hall–Kier alpha value is -1.11. The van der Waals surface area contributed by atoms with Crippen molar-refractivity contribution in [2.75, 3.05) is 39.3 Å². The zero-order valence-electron chi connectivity index (χ0n) is 16.5. The van der Waals surface area contributed by atoms with E-state index in [2.05, 4.69) is 11.0 Å². The highest BCUT2D eigenvalue weighted by molar-refractivity contribution is 7.16. The summed E-state index contributed by atoms with van der Waals surface area (Å²) in [4.78, 5) is 32.9. The molecular weight excluding hydrogens is 382 g/mol. The molecule has 2 aliphatic heterocycles. The van der Waals surface area contributed by atoms with Gasteiger partial charge in [-0.2, -0.15) is 0 Å². The van der Waals surface area contributed by atoms with E-state index in [1.165, 1.54) is 4.88 Å². The normalized spacial score (nSPS) is 20.1. The zero-order chi connectivity index (χ0) is 19.6. The van der Waals surface area contributed by atoms with Crippen molar-refractivity contribution in [3.05, 3.63) is 21.3 Å². The van der Waals surface area contributed by atoms with E-state index in [0.717, 1.165) is 49.9 Å². The second-order valence-corrected chi connectivity index (χ2v) is 10.4. The summed E-state index contributed by atoms with van der Waals surface area (Å²) in [6.07, 6.45) is 1.57. The third-order valence-corrected chi connectivity index (χ3v) is 6.68. The second-order valence-electron chi connectivity index (χ2n) is 8.62. The molecule has 5 nitrogen and oxygen atoms in total. The number of carbonyl (C=O) groups excluding carboxylic acids is 2. The average Bonchev–Trinajstić information content (AvgIpc) is 3.05. The number of carbonyl (C=O) groups is 2. The van der Waals surface area contributed by atoms with Crippen molar-refractivity contribution in [1.82, 2.24) is 14.7 Å². The van der Waals surface area contributed by atoms with Gasteiger partial charge in [0.05, 0.1) is 4.34 Å². The minimum Gasteiger partial charge on any atom is -0.342 e. The van der Waals surface area contributed by atoms with Gasteiger partial charge in [0.15, 0.2) is 0 Å². The number of nitrogens with zero attached hydrogens (tertiary/aromatic N) is 3. The smallest absolute Gasteiger partial charge is 0.227 e. The van der Waals surface area contributed by atoms with E-state index < -0.39 is 0 Å². The van der Waals surface area contributed by atoms with Crippen LogP contribution in [0, 0.1) is 11.3 Å². The first-order chi connectivity index (χ1) is 12.7. The van der Waals surface area contributed by atoms with Gasteiger partial charge in [-0.25, -0.2) is 0 Å². The molecule has 0 atom stereocenters. The van der Waals surface area contributed by atoms with Gasteiger partial charge in [0, 0.05) is 62.0 Å². The fraction of sp³-hybridized carbons (Fsp3) is 0.700. The largest absolute Gasteiger partial charge is 0.342 e. The van der Waals surface area contributed by atoms with Gasteiger partial charge in [-0.3, -0.25) is 14.5 Å². The highest BCUT2D eigenvalue weighted by atomic mass is 35.5. The number of rotatable bonds is 3. The zero-order valence-corrected chi connectivity index (χ0v) is 18.1. The first-order valence-corrected chi connectivity index (χ1v) is 11.0. The van der Waals surface area contributed by atoms with Crippen LogP contribution in [0.5, 0.6) is 0 Å². The Bertz CT molecular complexity index is 669. The van der Waals surface area contributed by atoms with E-state index in [1.54, 1.807) is 11.3 Å². The molecule has 2 amide bonds. The van der Waals surface area contributed by atoms with Crippen LogP contribution in [0.25, 0.3) is 0 Å². The highest BCUT2D eigenvalue weighted by Crippen LogP contribution is 2.26. The van der Waals surface area contributed by atoms with Crippen LogP contribution >= 0.6 is 22.9 Å². The van der Waals surface area contributed by atoms with E-state index in [-0.39, 0.29) is 23.1 Å². The van der Waals surface area contributed by atoms with E-state index >= 15 is 0 Å². The predicted octanol–water partition coefficient (Wildman–Crippen LogP) is 3.33. The van der Waals surface area contributed by atoms with Crippen LogP contribution in [0.1, 0.15) is 38.5 Å². The standard InChI is InChI=1S/C20H30ClN3O2S/c1-20(2,3)19(26)24-8-6-15(7-9-24)18(25)23-12-10-22(11-13-23)14-16-4-5-17(21)27-16/h4-5,15H,6-14H2,1-3H3. The van der Waals surface area contributed by atoms with Gasteiger partial charge in [-0.05, 0) is 25.0 Å². The lowest BCUT2D eigenvalue weighted by molar-refractivity contribution is -0.145. The molecule has 1 aromatic heterocycles. The second kappa shape index (κ2) is 8.50. The summed E-state index contributed by atoms with van der Waals surface area (Å²) in [5, 5.41) is 0. The van der Waals surface area contributed by atoms with Gasteiger partial charge in [-0.15, -0.1) is 11.3 Å². The van der Waals surface area contributed by atoms with E-state index in [9.17, 15) is 9.59 Å². The number of halogens is 1. The summed E-state index contributed by atoms with van der Waals surface area (Å²) < 4.78 is 0.829. The summed E-state index contributed by atoms with van der Waals surface area (Å²) in [5.41, 5.74) is -0.347. The topological polar surface area (TPSA) is 43.9 Å².